The van der Waals surface area contributed by atoms with Crippen LogP contribution in [0, 0.1) is 0 Å². The van der Waals surface area contributed by atoms with Crippen molar-refractivity contribution in [2.75, 3.05) is 0 Å². The zero-order valence-corrected chi connectivity index (χ0v) is 11.6. The highest BCUT2D eigenvalue weighted by molar-refractivity contribution is 5.71. The number of aryl methyl sites for hydroxylation is 1. The number of carbonyl (C=O) groups is 1. The van der Waals surface area contributed by atoms with Crippen LogP contribution in [0.3, 0.4) is 0 Å². The molecular formula is C14H22N2O3. The number of aliphatic hydroxyl groups excluding tert-OH is 1. The Morgan fingerprint density at radius 1 is 1.37 bits per heavy atom. The van der Waals surface area contributed by atoms with Crippen molar-refractivity contribution in [2.24, 2.45) is 0 Å². The third kappa shape index (κ3) is 2.66. The van der Waals surface area contributed by atoms with Crippen molar-refractivity contribution in [3.8, 4) is 0 Å². The minimum absolute atomic E-state index is 0.0165. The average molecular weight is 266 g/mol. The number of nitrogens with zero attached hydrogens (tertiary/aromatic N) is 2. The summed E-state index contributed by atoms with van der Waals surface area (Å²) in [6.45, 7) is 4.00. The Kier molecular flexibility index (Phi) is 4.24. The van der Waals surface area contributed by atoms with Crippen LogP contribution in [0.2, 0.25) is 0 Å². The molecule has 1 aliphatic rings. The molecule has 1 aliphatic carbocycles. The number of carboxylic acid groups (broad SMARTS) is 1. The second kappa shape index (κ2) is 5.74. The summed E-state index contributed by atoms with van der Waals surface area (Å²) in [5, 5.41) is 23.7. The molecule has 106 valence electrons. The van der Waals surface area contributed by atoms with E-state index in [0.717, 1.165) is 49.1 Å². The average Bonchev–Trinajstić information content (AvgIpc) is 2.92. The van der Waals surface area contributed by atoms with Gasteiger partial charge in [-0.2, -0.15) is 5.10 Å². The van der Waals surface area contributed by atoms with Crippen LogP contribution in [0.15, 0.2) is 0 Å². The van der Waals surface area contributed by atoms with Crippen LogP contribution in [0.1, 0.15) is 56.1 Å². The molecule has 0 radical (unpaired) electrons. The Balaban J connectivity index is 2.43. The Morgan fingerprint density at radius 3 is 2.58 bits per heavy atom. The van der Waals surface area contributed by atoms with Crippen molar-refractivity contribution in [1.82, 2.24) is 9.78 Å². The summed E-state index contributed by atoms with van der Waals surface area (Å²) in [4.78, 5) is 11.0. The van der Waals surface area contributed by atoms with E-state index in [1.165, 1.54) is 0 Å². The minimum Gasteiger partial charge on any atom is -0.481 e. The lowest BCUT2D eigenvalue weighted by atomic mass is 10.1. The number of carboxylic acids is 1. The summed E-state index contributed by atoms with van der Waals surface area (Å²) in [6.07, 6.45) is 3.88. The van der Waals surface area contributed by atoms with E-state index < -0.39 is 5.97 Å². The van der Waals surface area contributed by atoms with Gasteiger partial charge in [-0.1, -0.05) is 13.8 Å². The van der Waals surface area contributed by atoms with Gasteiger partial charge in [0.25, 0.3) is 0 Å². The van der Waals surface area contributed by atoms with Crippen LogP contribution in [0.5, 0.6) is 0 Å². The topological polar surface area (TPSA) is 75.3 Å². The third-order valence-corrected chi connectivity index (χ3v) is 3.96. The molecule has 1 fully saturated rings. The Bertz CT molecular complexity index is 468. The summed E-state index contributed by atoms with van der Waals surface area (Å²) in [5.41, 5.74) is 2.68. The van der Waals surface area contributed by atoms with Gasteiger partial charge in [-0.25, -0.2) is 0 Å². The van der Waals surface area contributed by atoms with Gasteiger partial charge < -0.3 is 10.2 Å². The predicted octanol–water partition coefficient (Wildman–Crippen LogP) is 1.72. The number of hydrogen-bond acceptors (Lipinski definition) is 3. The van der Waals surface area contributed by atoms with Crippen molar-refractivity contribution >= 4 is 5.97 Å². The maximum atomic E-state index is 11.0. The Hall–Kier alpha value is -1.36. The first kappa shape index (κ1) is 14.1. The van der Waals surface area contributed by atoms with Gasteiger partial charge in [0.1, 0.15) is 0 Å². The van der Waals surface area contributed by atoms with E-state index in [-0.39, 0.29) is 18.6 Å². The van der Waals surface area contributed by atoms with Gasteiger partial charge in [-0.3, -0.25) is 9.48 Å². The lowest BCUT2D eigenvalue weighted by molar-refractivity contribution is -0.136. The van der Waals surface area contributed by atoms with E-state index in [9.17, 15) is 9.90 Å². The molecule has 0 spiro atoms. The van der Waals surface area contributed by atoms with Crippen LogP contribution in [-0.4, -0.2) is 32.1 Å². The molecule has 5 nitrogen and oxygen atoms in total. The summed E-state index contributed by atoms with van der Waals surface area (Å²) in [5.74, 6) is -0.823. The molecule has 0 saturated heterocycles. The molecule has 1 saturated carbocycles. The van der Waals surface area contributed by atoms with Crippen molar-refractivity contribution in [3.63, 3.8) is 0 Å². The van der Waals surface area contributed by atoms with Crippen LogP contribution >= 0.6 is 0 Å². The quantitative estimate of drug-likeness (QED) is 0.851. The summed E-state index contributed by atoms with van der Waals surface area (Å²) < 4.78 is 1.90. The number of aromatic nitrogens is 2. The molecule has 1 heterocycles. The molecule has 5 heteroatoms. The molecule has 1 aromatic heterocycles. The van der Waals surface area contributed by atoms with E-state index in [1.54, 1.807) is 0 Å². The van der Waals surface area contributed by atoms with Gasteiger partial charge >= 0.3 is 5.97 Å². The zero-order valence-electron chi connectivity index (χ0n) is 11.6. The van der Waals surface area contributed by atoms with E-state index in [4.69, 9.17) is 5.11 Å². The molecule has 1 aromatic rings. The maximum Gasteiger partial charge on any atom is 0.307 e. The predicted molar refractivity (Wildman–Crippen MR) is 71.2 cm³/mol. The van der Waals surface area contributed by atoms with E-state index in [0.29, 0.717) is 0 Å². The van der Waals surface area contributed by atoms with Gasteiger partial charge in [0.2, 0.25) is 0 Å². The van der Waals surface area contributed by atoms with Crippen LogP contribution in [0.25, 0.3) is 0 Å². The fourth-order valence-electron chi connectivity index (χ4n) is 3.05. The smallest absolute Gasteiger partial charge is 0.307 e. The molecular weight excluding hydrogens is 244 g/mol. The lowest BCUT2D eigenvalue weighted by Crippen LogP contribution is -2.21. The SMILES string of the molecule is CCc1nn(C2CCCC2O)c(CC)c1CC(=O)O. The molecule has 2 N–H and O–H groups in total. The Morgan fingerprint density at radius 2 is 2.11 bits per heavy atom. The normalized spacial score (nSPS) is 22.9. The number of aliphatic hydroxyl groups is 1. The van der Waals surface area contributed by atoms with Gasteiger partial charge in [0.15, 0.2) is 0 Å². The van der Waals surface area contributed by atoms with E-state index in [1.807, 2.05) is 18.5 Å². The van der Waals surface area contributed by atoms with Crippen molar-refractivity contribution < 1.29 is 15.0 Å². The third-order valence-electron chi connectivity index (χ3n) is 3.96. The number of hydrogen-bond donors (Lipinski definition) is 2. The number of rotatable bonds is 5. The summed E-state index contributed by atoms with van der Waals surface area (Å²) in [7, 11) is 0. The first-order chi connectivity index (χ1) is 9.08. The standard InChI is InChI=1S/C14H22N2O3/c1-3-10-9(8-14(18)19)11(4-2)16(15-10)12-6-5-7-13(12)17/h12-13,17H,3-8H2,1-2H3,(H,18,19). The van der Waals surface area contributed by atoms with E-state index in [2.05, 4.69) is 5.10 Å². The highest BCUT2D eigenvalue weighted by Crippen LogP contribution is 2.32. The van der Waals surface area contributed by atoms with Crippen LogP contribution in [0.4, 0.5) is 0 Å². The van der Waals surface area contributed by atoms with Crippen molar-refractivity contribution in [1.29, 1.82) is 0 Å². The maximum absolute atomic E-state index is 11.0. The molecule has 2 unspecified atom stereocenters. The first-order valence-electron chi connectivity index (χ1n) is 7.07. The number of aliphatic carboxylic acids is 1. The second-order valence-electron chi connectivity index (χ2n) is 5.16. The molecule has 0 bridgehead atoms. The largest absolute Gasteiger partial charge is 0.481 e. The monoisotopic (exact) mass is 266 g/mol. The fraction of sp³-hybridized carbons (Fsp3) is 0.714. The highest BCUT2D eigenvalue weighted by atomic mass is 16.4. The van der Waals surface area contributed by atoms with Crippen LogP contribution < -0.4 is 0 Å². The molecule has 19 heavy (non-hydrogen) atoms. The second-order valence-corrected chi connectivity index (χ2v) is 5.16. The van der Waals surface area contributed by atoms with Crippen LogP contribution in [-0.2, 0) is 24.1 Å². The summed E-state index contributed by atoms with van der Waals surface area (Å²) >= 11 is 0. The van der Waals surface area contributed by atoms with Gasteiger partial charge in [-0.15, -0.1) is 0 Å². The molecule has 0 aliphatic heterocycles. The fourth-order valence-corrected chi connectivity index (χ4v) is 3.05. The minimum atomic E-state index is -0.823. The van der Waals surface area contributed by atoms with Gasteiger partial charge in [0, 0.05) is 11.3 Å². The lowest BCUT2D eigenvalue weighted by Gasteiger charge is -2.18. The molecule has 0 aromatic carbocycles. The molecule has 2 rings (SSSR count). The zero-order chi connectivity index (χ0) is 14.0. The summed E-state index contributed by atoms with van der Waals surface area (Å²) in [6, 6.07) is 0.0165. The van der Waals surface area contributed by atoms with E-state index >= 15 is 0 Å². The molecule has 2 atom stereocenters. The first-order valence-corrected chi connectivity index (χ1v) is 7.07. The molecule has 0 amide bonds. The Labute approximate surface area is 113 Å². The van der Waals surface area contributed by atoms with Crippen molar-refractivity contribution in [2.45, 2.75) is 64.5 Å². The highest BCUT2D eigenvalue weighted by Gasteiger charge is 2.31. The van der Waals surface area contributed by atoms with Gasteiger partial charge in [0.05, 0.1) is 24.3 Å². The van der Waals surface area contributed by atoms with Crippen molar-refractivity contribution in [3.05, 3.63) is 17.0 Å². The van der Waals surface area contributed by atoms with Gasteiger partial charge in [-0.05, 0) is 32.1 Å².